The minimum Gasteiger partial charge on any atom is -0.465 e. The van der Waals surface area contributed by atoms with Crippen molar-refractivity contribution in [3.63, 3.8) is 0 Å². The average Bonchev–Trinajstić information content (AvgIpc) is 2.55. The van der Waals surface area contributed by atoms with Crippen LogP contribution in [0.4, 0.5) is 0 Å². The van der Waals surface area contributed by atoms with Crippen molar-refractivity contribution in [3.8, 4) is 0 Å². The van der Waals surface area contributed by atoms with Crippen LogP contribution in [-0.2, 0) is 16.0 Å². The van der Waals surface area contributed by atoms with Gasteiger partial charge in [0.1, 0.15) is 5.41 Å². The highest BCUT2D eigenvalue weighted by Gasteiger charge is 2.49. The van der Waals surface area contributed by atoms with E-state index in [1.165, 1.54) is 0 Å². The molecule has 0 aliphatic heterocycles. The fourth-order valence-electron chi connectivity index (χ4n) is 3.14. The van der Waals surface area contributed by atoms with Crippen LogP contribution in [0.2, 0.25) is 0 Å². The second-order valence-electron chi connectivity index (χ2n) is 6.16. The number of Topliss-reactive ketones (excluding diaryl/α,β-unsaturated/α-hetero) is 1. The number of benzene rings is 1. The third kappa shape index (κ3) is 3.23. The zero-order valence-corrected chi connectivity index (χ0v) is 13.7. The molecule has 3 nitrogen and oxygen atoms in total. The summed E-state index contributed by atoms with van der Waals surface area (Å²) < 4.78 is 5.45. The molecule has 120 valence electrons. The predicted molar refractivity (Wildman–Crippen MR) is 86.9 cm³/mol. The summed E-state index contributed by atoms with van der Waals surface area (Å²) in [6, 6.07) is 7.65. The van der Waals surface area contributed by atoms with Crippen LogP contribution < -0.4 is 0 Å². The molecule has 0 bridgehead atoms. The first-order valence-electron chi connectivity index (χ1n) is 8.45. The first kappa shape index (κ1) is 16.7. The lowest BCUT2D eigenvalue weighted by molar-refractivity contribution is -0.154. The van der Waals surface area contributed by atoms with Crippen LogP contribution in [0.15, 0.2) is 24.3 Å². The highest BCUT2D eigenvalue weighted by Crippen LogP contribution is 2.40. The van der Waals surface area contributed by atoms with Crippen molar-refractivity contribution in [3.05, 3.63) is 35.4 Å². The van der Waals surface area contributed by atoms with E-state index in [9.17, 15) is 9.59 Å². The topological polar surface area (TPSA) is 43.4 Å². The number of hydrogen-bond donors (Lipinski definition) is 0. The van der Waals surface area contributed by atoms with Crippen molar-refractivity contribution in [1.82, 2.24) is 0 Å². The third-order valence-electron chi connectivity index (χ3n) is 4.60. The molecule has 0 aromatic heterocycles. The number of fused-ring (bicyclic) bond motifs is 1. The first-order valence-corrected chi connectivity index (χ1v) is 8.45. The highest BCUT2D eigenvalue weighted by atomic mass is 16.5. The smallest absolute Gasteiger partial charge is 0.320 e. The quantitative estimate of drug-likeness (QED) is 0.427. The molecular formula is C19H26O3. The van der Waals surface area contributed by atoms with Gasteiger partial charge in [-0.2, -0.15) is 0 Å². The second-order valence-corrected chi connectivity index (χ2v) is 6.16. The Kier molecular flexibility index (Phi) is 5.76. The van der Waals surface area contributed by atoms with Gasteiger partial charge < -0.3 is 4.74 Å². The maximum absolute atomic E-state index is 13.0. The van der Waals surface area contributed by atoms with Crippen LogP contribution in [0.1, 0.15) is 68.3 Å². The van der Waals surface area contributed by atoms with E-state index < -0.39 is 5.41 Å². The Bertz CT molecular complexity index is 535. The fourth-order valence-corrected chi connectivity index (χ4v) is 3.14. The van der Waals surface area contributed by atoms with Crippen LogP contribution in [0.5, 0.6) is 0 Å². The van der Waals surface area contributed by atoms with Gasteiger partial charge in [0.25, 0.3) is 0 Å². The number of unbranched alkanes of at least 4 members (excludes halogenated alkanes) is 2. The number of carbonyl (C=O) groups excluding carboxylic acids is 2. The van der Waals surface area contributed by atoms with Crippen LogP contribution >= 0.6 is 0 Å². The molecule has 1 aliphatic rings. The summed E-state index contributed by atoms with van der Waals surface area (Å²) in [6.07, 6.45) is 5.62. The molecule has 0 spiro atoms. The Hall–Kier alpha value is -1.64. The van der Waals surface area contributed by atoms with Gasteiger partial charge in [0.05, 0.1) is 6.61 Å². The Balaban J connectivity index is 2.26. The second kappa shape index (κ2) is 7.57. The van der Waals surface area contributed by atoms with Gasteiger partial charge in [0.15, 0.2) is 5.78 Å². The number of carbonyl (C=O) groups is 2. The summed E-state index contributed by atoms with van der Waals surface area (Å²) in [5, 5.41) is 0. The molecule has 22 heavy (non-hydrogen) atoms. The lowest BCUT2D eigenvalue weighted by Crippen LogP contribution is -2.44. The van der Waals surface area contributed by atoms with Gasteiger partial charge in [-0.25, -0.2) is 0 Å². The van der Waals surface area contributed by atoms with Gasteiger partial charge in [-0.05, 0) is 31.2 Å². The van der Waals surface area contributed by atoms with E-state index in [-0.39, 0.29) is 11.8 Å². The normalized spacial score (nSPS) is 20.5. The molecule has 2 rings (SSSR count). The molecule has 1 aromatic rings. The van der Waals surface area contributed by atoms with Crippen molar-refractivity contribution < 1.29 is 14.3 Å². The molecule has 0 saturated carbocycles. The Morgan fingerprint density at radius 1 is 1.18 bits per heavy atom. The van der Waals surface area contributed by atoms with Gasteiger partial charge >= 0.3 is 5.97 Å². The van der Waals surface area contributed by atoms with Gasteiger partial charge in [0.2, 0.25) is 0 Å². The first-order chi connectivity index (χ1) is 10.7. The number of aryl methyl sites for hydroxylation is 1. The van der Waals surface area contributed by atoms with E-state index in [1.54, 1.807) is 0 Å². The minimum atomic E-state index is -0.960. The van der Waals surface area contributed by atoms with Crippen LogP contribution in [0, 0.1) is 5.41 Å². The summed E-state index contributed by atoms with van der Waals surface area (Å²) in [4.78, 5) is 25.7. The summed E-state index contributed by atoms with van der Waals surface area (Å²) in [7, 11) is 0. The SMILES string of the molecule is CCCCOC(=O)C1(CCCC)CCc2ccccc2C1=O. The largest absolute Gasteiger partial charge is 0.465 e. The maximum Gasteiger partial charge on any atom is 0.320 e. The Morgan fingerprint density at radius 3 is 2.64 bits per heavy atom. The van der Waals surface area contributed by atoms with Crippen molar-refractivity contribution in [1.29, 1.82) is 0 Å². The Labute approximate surface area is 133 Å². The van der Waals surface area contributed by atoms with E-state index in [1.807, 2.05) is 24.3 Å². The zero-order valence-electron chi connectivity index (χ0n) is 13.7. The van der Waals surface area contributed by atoms with Crippen molar-refractivity contribution in [2.24, 2.45) is 5.41 Å². The number of esters is 1. The van der Waals surface area contributed by atoms with Crippen LogP contribution in [-0.4, -0.2) is 18.4 Å². The van der Waals surface area contributed by atoms with Crippen LogP contribution in [0.25, 0.3) is 0 Å². The molecule has 1 atom stereocenters. The van der Waals surface area contributed by atoms with Gasteiger partial charge in [-0.15, -0.1) is 0 Å². The lowest BCUT2D eigenvalue weighted by Gasteiger charge is -2.34. The summed E-state index contributed by atoms with van der Waals surface area (Å²) >= 11 is 0. The van der Waals surface area contributed by atoms with E-state index >= 15 is 0 Å². The minimum absolute atomic E-state index is 0.0377. The maximum atomic E-state index is 13.0. The van der Waals surface area contributed by atoms with Crippen LogP contribution in [0.3, 0.4) is 0 Å². The molecule has 0 amide bonds. The van der Waals surface area contributed by atoms with Crippen molar-refractivity contribution in [2.45, 2.75) is 58.8 Å². The van der Waals surface area contributed by atoms with Gasteiger partial charge in [-0.3, -0.25) is 9.59 Å². The predicted octanol–water partition coefficient (Wildman–Crippen LogP) is 4.34. The van der Waals surface area contributed by atoms with Gasteiger partial charge in [0, 0.05) is 5.56 Å². The van der Waals surface area contributed by atoms with E-state index in [0.29, 0.717) is 25.0 Å². The van der Waals surface area contributed by atoms with Gasteiger partial charge in [-0.1, -0.05) is 57.4 Å². The monoisotopic (exact) mass is 302 g/mol. The molecule has 1 aromatic carbocycles. The number of rotatable bonds is 7. The Morgan fingerprint density at radius 2 is 1.91 bits per heavy atom. The molecule has 1 aliphatic carbocycles. The third-order valence-corrected chi connectivity index (χ3v) is 4.60. The number of hydrogen-bond acceptors (Lipinski definition) is 3. The average molecular weight is 302 g/mol. The molecule has 0 saturated heterocycles. The zero-order chi connectivity index (χ0) is 16.0. The van der Waals surface area contributed by atoms with Crippen molar-refractivity contribution in [2.75, 3.05) is 6.61 Å². The standard InChI is InChI=1S/C19H26O3/c1-3-5-12-19(18(21)22-14-6-4-2)13-11-15-9-7-8-10-16(15)17(19)20/h7-10H,3-6,11-14H2,1-2H3. The highest BCUT2D eigenvalue weighted by molar-refractivity contribution is 6.14. The molecule has 3 heteroatoms. The molecule has 1 unspecified atom stereocenters. The summed E-state index contributed by atoms with van der Waals surface area (Å²) in [6.45, 7) is 4.55. The molecule has 0 fully saturated rings. The molecule has 0 heterocycles. The van der Waals surface area contributed by atoms with E-state index in [4.69, 9.17) is 4.74 Å². The summed E-state index contributed by atoms with van der Waals surface area (Å²) in [5.41, 5.74) is 0.802. The fraction of sp³-hybridized carbons (Fsp3) is 0.579. The number of ketones is 1. The lowest BCUT2D eigenvalue weighted by atomic mass is 9.68. The molecular weight excluding hydrogens is 276 g/mol. The molecule has 0 N–H and O–H groups in total. The van der Waals surface area contributed by atoms with E-state index in [0.717, 1.165) is 37.7 Å². The van der Waals surface area contributed by atoms with Crippen molar-refractivity contribution >= 4 is 11.8 Å². The summed E-state index contributed by atoms with van der Waals surface area (Å²) in [5.74, 6) is -0.349. The van der Waals surface area contributed by atoms with E-state index in [2.05, 4.69) is 13.8 Å². The number of ether oxygens (including phenoxy) is 1. The molecule has 0 radical (unpaired) electrons.